The molecule has 0 atom stereocenters. The van der Waals surface area contributed by atoms with E-state index in [1.807, 2.05) is 24.3 Å². The molecule has 1 aromatic carbocycles. The average molecular weight is 331 g/mol. The van der Waals surface area contributed by atoms with Crippen molar-refractivity contribution in [3.8, 4) is 0 Å². The summed E-state index contributed by atoms with van der Waals surface area (Å²) in [6, 6.07) is 9.14. The lowest BCUT2D eigenvalue weighted by Crippen LogP contribution is -2.14. The minimum absolute atomic E-state index is 0.0905. The van der Waals surface area contributed by atoms with Crippen molar-refractivity contribution in [1.82, 2.24) is 5.16 Å². The molecule has 0 aliphatic heterocycles. The van der Waals surface area contributed by atoms with Crippen LogP contribution in [0.3, 0.4) is 0 Å². The van der Waals surface area contributed by atoms with Gasteiger partial charge in [0.05, 0.1) is 5.75 Å². The first-order valence-electron chi connectivity index (χ1n) is 7.37. The lowest BCUT2D eigenvalue weighted by Gasteiger charge is -2.06. The predicted molar refractivity (Wildman–Crippen MR) is 88.4 cm³/mol. The Morgan fingerprint density at radius 3 is 2.61 bits per heavy atom. The lowest BCUT2D eigenvalue weighted by atomic mass is 10.3. The second-order valence-electron chi connectivity index (χ2n) is 5.45. The number of aromatic nitrogens is 1. The van der Waals surface area contributed by atoms with Gasteiger partial charge in [-0.15, -0.1) is 11.8 Å². The number of anilines is 2. The zero-order chi connectivity index (χ0) is 16.2. The maximum Gasteiger partial charge on any atom is 0.235 e. The summed E-state index contributed by atoms with van der Waals surface area (Å²) in [5, 5.41) is 9.27. The first-order chi connectivity index (χ1) is 11.1. The molecular weight excluding hydrogens is 314 g/mol. The molecule has 120 valence electrons. The molecule has 1 aliphatic rings. The number of rotatable bonds is 6. The van der Waals surface area contributed by atoms with Crippen LogP contribution in [0.15, 0.2) is 39.8 Å². The second kappa shape index (κ2) is 6.87. The smallest absolute Gasteiger partial charge is 0.235 e. The summed E-state index contributed by atoms with van der Waals surface area (Å²) in [6.07, 6.45) is 1.97. The topological polar surface area (TPSA) is 84.2 Å². The van der Waals surface area contributed by atoms with Gasteiger partial charge in [0.25, 0.3) is 0 Å². The van der Waals surface area contributed by atoms with Crippen molar-refractivity contribution in [3.63, 3.8) is 0 Å². The van der Waals surface area contributed by atoms with Gasteiger partial charge in [0.15, 0.2) is 5.82 Å². The Labute approximate surface area is 138 Å². The molecule has 1 heterocycles. The number of benzene rings is 1. The van der Waals surface area contributed by atoms with Crippen molar-refractivity contribution >= 4 is 35.1 Å². The van der Waals surface area contributed by atoms with Crippen molar-refractivity contribution in [2.45, 2.75) is 24.7 Å². The molecule has 0 unspecified atom stereocenters. The highest BCUT2D eigenvalue weighted by molar-refractivity contribution is 8.00. The summed E-state index contributed by atoms with van der Waals surface area (Å²) in [5.74, 6) is 1.48. The molecule has 2 N–H and O–H groups in total. The van der Waals surface area contributed by atoms with Crippen LogP contribution in [-0.4, -0.2) is 22.7 Å². The number of hydrogen-bond acceptors (Lipinski definition) is 5. The SMILES string of the molecule is Cc1cc(NC(=O)CSc2ccc(NC(=O)C3CC3)cc2)no1. The highest BCUT2D eigenvalue weighted by Gasteiger charge is 2.29. The van der Waals surface area contributed by atoms with Crippen molar-refractivity contribution in [2.24, 2.45) is 5.92 Å². The summed E-state index contributed by atoms with van der Waals surface area (Å²) in [5.41, 5.74) is 0.786. The van der Waals surface area contributed by atoms with Gasteiger partial charge in [0, 0.05) is 22.6 Å². The van der Waals surface area contributed by atoms with Crippen LogP contribution in [0.1, 0.15) is 18.6 Å². The first-order valence-corrected chi connectivity index (χ1v) is 8.35. The van der Waals surface area contributed by atoms with Crippen LogP contribution >= 0.6 is 11.8 Å². The number of nitrogens with one attached hydrogen (secondary N) is 2. The quantitative estimate of drug-likeness (QED) is 0.795. The average Bonchev–Trinajstić information content (AvgIpc) is 3.31. The Hall–Kier alpha value is -2.28. The van der Waals surface area contributed by atoms with E-state index < -0.39 is 0 Å². The number of carbonyl (C=O) groups is 2. The monoisotopic (exact) mass is 331 g/mol. The standard InChI is InChI=1S/C16H17N3O3S/c1-10-8-14(19-22-10)18-15(20)9-23-13-6-4-12(5-7-13)17-16(21)11-2-3-11/h4-8,11H,2-3,9H2,1H3,(H,17,21)(H,18,19,20). The lowest BCUT2D eigenvalue weighted by molar-refractivity contribution is -0.117. The number of aryl methyl sites for hydroxylation is 1. The van der Waals surface area contributed by atoms with E-state index in [1.54, 1.807) is 13.0 Å². The van der Waals surface area contributed by atoms with E-state index in [-0.39, 0.29) is 23.5 Å². The molecule has 1 aliphatic carbocycles. The van der Waals surface area contributed by atoms with Gasteiger partial charge < -0.3 is 15.2 Å². The Balaban J connectivity index is 1.46. The van der Waals surface area contributed by atoms with Crippen LogP contribution in [-0.2, 0) is 9.59 Å². The maximum atomic E-state index is 11.8. The van der Waals surface area contributed by atoms with E-state index in [9.17, 15) is 9.59 Å². The zero-order valence-electron chi connectivity index (χ0n) is 12.7. The Morgan fingerprint density at radius 1 is 1.26 bits per heavy atom. The Kier molecular flexibility index (Phi) is 4.66. The van der Waals surface area contributed by atoms with E-state index in [0.29, 0.717) is 11.6 Å². The number of carbonyl (C=O) groups excluding carboxylic acids is 2. The third kappa shape index (κ3) is 4.59. The number of amides is 2. The highest BCUT2D eigenvalue weighted by atomic mass is 32.2. The van der Waals surface area contributed by atoms with Crippen molar-refractivity contribution in [3.05, 3.63) is 36.1 Å². The Morgan fingerprint density at radius 2 is 2.00 bits per heavy atom. The fraction of sp³-hybridized carbons (Fsp3) is 0.312. The second-order valence-corrected chi connectivity index (χ2v) is 6.50. The van der Waals surface area contributed by atoms with E-state index >= 15 is 0 Å². The van der Waals surface area contributed by atoms with Crippen molar-refractivity contribution in [2.75, 3.05) is 16.4 Å². The van der Waals surface area contributed by atoms with Crippen LogP contribution in [0.2, 0.25) is 0 Å². The van der Waals surface area contributed by atoms with Gasteiger partial charge in [0.1, 0.15) is 5.76 Å². The molecule has 6 nitrogen and oxygen atoms in total. The van der Waals surface area contributed by atoms with Crippen LogP contribution in [0.4, 0.5) is 11.5 Å². The van der Waals surface area contributed by atoms with Gasteiger partial charge in [-0.2, -0.15) is 0 Å². The molecule has 3 rings (SSSR count). The van der Waals surface area contributed by atoms with Gasteiger partial charge in [-0.3, -0.25) is 9.59 Å². The van der Waals surface area contributed by atoms with Crippen LogP contribution in [0.5, 0.6) is 0 Å². The third-order valence-corrected chi connectivity index (χ3v) is 4.35. The van der Waals surface area contributed by atoms with E-state index in [4.69, 9.17) is 4.52 Å². The largest absolute Gasteiger partial charge is 0.360 e. The summed E-state index contributed by atoms with van der Waals surface area (Å²) in [4.78, 5) is 24.4. The van der Waals surface area contributed by atoms with Gasteiger partial charge >= 0.3 is 0 Å². The van der Waals surface area contributed by atoms with Crippen LogP contribution < -0.4 is 10.6 Å². The molecule has 1 fully saturated rings. The fourth-order valence-electron chi connectivity index (χ4n) is 1.98. The molecular formula is C16H17N3O3S. The molecule has 2 aromatic rings. The summed E-state index contributed by atoms with van der Waals surface area (Å²) in [7, 11) is 0. The molecule has 1 saturated carbocycles. The van der Waals surface area contributed by atoms with Crippen molar-refractivity contribution < 1.29 is 14.1 Å². The summed E-state index contributed by atoms with van der Waals surface area (Å²) < 4.78 is 4.89. The third-order valence-electron chi connectivity index (χ3n) is 3.34. The molecule has 7 heteroatoms. The summed E-state index contributed by atoms with van der Waals surface area (Å²) >= 11 is 1.42. The molecule has 23 heavy (non-hydrogen) atoms. The zero-order valence-corrected chi connectivity index (χ0v) is 13.5. The molecule has 0 spiro atoms. The van der Waals surface area contributed by atoms with E-state index in [1.165, 1.54) is 11.8 Å². The summed E-state index contributed by atoms with van der Waals surface area (Å²) in [6.45, 7) is 1.76. The molecule has 0 bridgehead atoms. The molecule has 0 saturated heterocycles. The minimum atomic E-state index is -0.144. The van der Waals surface area contributed by atoms with E-state index in [2.05, 4.69) is 15.8 Å². The highest BCUT2D eigenvalue weighted by Crippen LogP contribution is 2.30. The number of hydrogen-bond donors (Lipinski definition) is 2. The Bertz CT molecular complexity index is 708. The molecule has 1 aromatic heterocycles. The van der Waals surface area contributed by atoms with Crippen LogP contribution in [0, 0.1) is 12.8 Å². The van der Waals surface area contributed by atoms with Crippen LogP contribution in [0.25, 0.3) is 0 Å². The number of thioether (sulfide) groups is 1. The minimum Gasteiger partial charge on any atom is -0.360 e. The fourth-order valence-corrected chi connectivity index (χ4v) is 2.68. The normalized spacial score (nSPS) is 13.6. The van der Waals surface area contributed by atoms with Gasteiger partial charge in [-0.25, -0.2) is 0 Å². The van der Waals surface area contributed by atoms with Gasteiger partial charge in [-0.1, -0.05) is 5.16 Å². The van der Waals surface area contributed by atoms with E-state index in [0.717, 1.165) is 23.4 Å². The first kappa shape index (κ1) is 15.6. The maximum absolute atomic E-state index is 11.8. The molecule has 0 radical (unpaired) electrons. The van der Waals surface area contributed by atoms with Crippen molar-refractivity contribution in [1.29, 1.82) is 0 Å². The van der Waals surface area contributed by atoms with Gasteiger partial charge in [0.2, 0.25) is 11.8 Å². The number of nitrogens with zero attached hydrogens (tertiary/aromatic N) is 1. The van der Waals surface area contributed by atoms with Gasteiger partial charge in [-0.05, 0) is 44.0 Å². The predicted octanol–water partition coefficient (Wildman–Crippen LogP) is 3.06. The molecule has 2 amide bonds.